The van der Waals surface area contributed by atoms with Gasteiger partial charge in [0.15, 0.2) is 0 Å². The molecule has 0 saturated carbocycles. The van der Waals surface area contributed by atoms with E-state index in [4.69, 9.17) is 0 Å². The van der Waals surface area contributed by atoms with E-state index in [-0.39, 0.29) is 5.91 Å². The maximum atomic E-state index is 12.1. The number of alkyl halides is 1. The summed E-state index contributed by atoms with van der Waals surface area (Å²) in [6.45, 7) is 1.96. The average Bonchev–Trinajstić information content (AvgIpc) is 2.87. The van der Waals surface area contributed by atoms with Gasteiger partial charge in [-0.3, -0.25) is 4.79 Å². The van der Waals surface area contributed by atoms with E-state index in [1.807, 2.05) is 31.2 Å². The molecule has 1 aromatic heterocycles. The number of amides is 1. The molecule has 4 nitrogen and oxygen atoms in total. The molecular weight excluding hydrogens is 314 g/mol. The number of benzene rings is 1. The van der Waals surface area contributed by atoms with E-state index in [0.717, 1.165) is 28.5 Å². The van der Waals surface area contributed by atoms with Gasteiger partial charge < -0.3 is 5.32 Å². The van der Waals surface area contributed by atoms with Crippen LogP contribution in [0.1, 0.15) is 27.9 Å². The van der Waals surface area contributed by atoms with E-state index in [0.29, 0.717) is 16.6 Å². The summed E-state index contributed by atoms with van der Waals surface area (Å²) in [6.07, 6.45) is 0.708. The third-order valence-corrected chi connectivity index (χ3v) is 3.88. The number of carbonyl (C=O) groups excluding carboxylic acids is 1. The second-order valence-corrected chi connectivity index (χ2v) is 4.96. The second-order valence-electron chi connectivity index (χ2n) is 3.65. The van der Waals surface area contributed by atoms with Gasteiger partial charge in [0, 0.05) is 11.0 Å². The molecule has 0 spiro atoms. The first-order valence-corrected chi connectivity index (χ1v) is 7.42. The Kier molecular flexibility index (Phi) is 4.43. The molecule has 0 aliphatic heterocycles. The lowest BCUT2D eigenvalue weighted by atomic mass is 10.2. The van der Waals surface area contributed by atoms with E-state index >= 15 is 0 Å². The molecule has 1 amide bonds. The minimum atomic E-state index is -0.143. The number of hydrogen-bond acceptors (Lipinski definition) is 4. The number of carbonyl (C=O) groups is 1. The van der Waals surface area contributed by atoms with Crippen molar-refractivity contribution in [3.63, 3.8) is 0 Å². The van der Waals surface area contributed by atoms with Crippen molar-refractivity contribution < 1.29 is 4.79 Å². The molecule has 0 bridgehead atoms. The van der Waals surface area contributed by atoms with Gasteiger partial charge in [-0.25, -0.2) is 0 Å². The molecule has 0 saturated heterocycles. The van der Waals surface area contributed by atoms with Gasteiger partial charge in [0.1, 0.15) is 4.88 Å². The molecule has 18 heavy (non-hydrogen) atoms. The lowest BCUT2D eigenvalue weighted by Gasteiger charge is -2.08. The Bertz CT molecular complexity index is 556. The molecule has 0 fully saturated rings. The molecule has 0 aliphatic rings. The highest BCUT2D eigenvalue weighted by molar-refractivity contribution is 9.08. The van der Waals surface area contributed by atoms with E-state index in [2.05, 4.69) is 30.8 Å². The minimum absolute atomic E-state index is 0.143. The summed E-state index contributed by atoms with van der Waals surface area (Å²) in [4.78, 5) is 12.7. The number of nitrogens with zero attached hydrogens (tertiary/aromatic N) is 2. The van der Waals surface area contributed by atoms with Crippen LogP contribution in [0.3, 0.4) is 0 Å². The highest BCUT2D eigenvalue weighted by Gasteiger charge is 2.15. The average molecular weight is 326 g/mol. The first-order chi connectivity index (χ1) is 8.76. The Morgan fingerprint density at radius 3 is 2.94 bits per heavy atom. The number of aromatic nitrogens is 2. The number of rotatable bonds is 4. The quantitative estimate of drug-likeness (QED) is 0.878. The molecule has 1 heterocycles. The smallest absolute Gasteiger partial charge is 0.269 e. The first kappa shape index (κ1) is 13.2. The highest BCUT2D eigenvalue weighted by Crippen LogP contribution is 2.20. The van der Waals surface area contributed by atoms with Crippen molar-refractivity contribution >= 4 is 39.1 Å². The summed E-state index contributed by atoms with van der Waals surface area (Å²) in [5.41, 5.74) is 2.60. The van der Waals surface area contributed by atoms with Crippen LogP contribution in [0.25, 0.3) is 0 Å². The van der Waals surface area contributed by atoms with E-state index in [1.54, 1.807) is 0 Å². The summed E-state index contributed by atoms with van der Waals surface area (Å²) < 4.78 is 3.82. The van der Waals surface area contributed by atoms with Gasteiger partial charge in [0.05, 0.1) is 5.69 Å². The Balaban J connectivity index is 2.21. The van der Waals surface area contributed by atoms with Crippen molar-refractivity contribution in [3.05, 3.63) is 40.4 Å². The zero-order chi connectivity index (χ0) is 13.0. The largest absolute Gasteiger partial charge is 0.321 e. The fraction of sp³-hybridized carbons (Fsp3) is 0.250. The molecule has 0 unspecified atom stereocenters. The van der Waals surface area contributed by atoms with Crippen LogP contribution in [-0.2, 0) is 11.8 Å². The molecule has 94 valence electrons. The number of nitrogens with one attached hydrogen (secondary N) is 1. The standard InChI is InChI=1S/C12H12BrN3OS/c1-2-9-11(18-16-15-9)12(17)14-10-6-4-3-5-8(10)7-13/h3-6H,2,7H2,1H3,(H,14,17). The second kappa shape index (κ2) is 6.06. The number of halogens is 1. The van der Waals surface area contributed by atoms with Gasteiger partial charge >= 0.3 is 0 Å². The lowest BCUT2D eigenvalue weighted by Crippen LogP contribution is -2.13. The van der Waals surface area contributed by atoms with Gasteiger partial charge in [-0.05, 0) is 29.6 Å². The van der Waals surface area contributed by atoms with Gasteiger partial charge in [0.25, 0.3) is 5.91 Å². The van der Waals surface area contributed by atoms with Gasteiger partial charge in [-0.1, -0.05) is 45.5 Å². The summed E-state index contributed by atoms with van der Waals surface area (Å²) >= 11 is 4.53. The normalized spacial score (nSPS) is 10.3. The fourth-order valence-electron chi connectivity index (χ4n) is 1.55. The van der Waals surface area contributed by atoms with Crippen LogP contribution in [0.4, 0.5) is 5.69 Å². The van der Waals surface area contributed by atoms with Gasteiger partial charge in [-0.15, -0.1) is 5.10 Å². The van der Waals surface area contributed by atoms with E-state index < -0.39 is 0 Å². The zero-order valence-electron chi connectivity index (χ0n) is 9.81. The van der Waals surface area contributed by atoms with Crippen LogP contribution in [0.15, 0.2) is 24.3 Å². The van der Waals surface area contributed by atoms with Crippen molar-refractivity contribution in [1.82, 2.24) is 9.59 Å². The zero-order valence-corrected chi connectivity index (χ0v) is 12.2. The molecule has 0 atom stereocenters. The summed E-state index contributed by atoms with van der Waals surface area (Å²) in [5, 5.41) is 7.54. The topological polar surface area (TPSA) is 54.9 Å². The van der Waals surface area contributed by atoms with Crippen molar-refractivity contribution in [2.45, 2.75) is 18.7 Å². The predicted molar refractivity (Wildman–Crippen MR) is 76.3 cm³/mol. The maximum Gasteiger partial charge on any atom is 0.269 e. The van der Waals surface area contributed by atoms with Crippen molar-refractivity contribution in [2.24, 2.45) is 0 Å². The third kappa shape index (κ3) is 2.76. The molecule has 1 N–H and O–H groups in total. The summed E-state index contributed by atoms with van der Waals surface area (Å²) in [5.74, 6) is -0.143. The molecular formula is C12H12BrN3OS. The Hall–Kier alpha value is -1.27. The number of anilines is 1. The molecule has 0 aliphatic carbocycles. The van der Waals surface area contributed by atoms with Crippen molar-refractivity contribution in [2.75, 3.05) is 5.32 Å². The van der Waals surface area contributed by atoms with Crippen LogP contribution < -0.4 is 5.32 Å². The van der Waals surface area contributed by atoms with Crippen LogP contribution >= 0.6 is 27.5 Å². The number of hydrogen-bond donors (Lipinski definition) is 1. The van der Waals surface area contributed by atoms with Crippen molar-refractivity contribution in [1.29, 1.82) is 0 Å². The SMILES string of the molecule is CCc1nnsc1C(=O)Nc1ccccc1CBr. The third-order valence-electron chi connectivity index (χ3n) is 2.51. The Labute approximate surface area is 118 Å². The van der Waals surface area contributed by atoms with Crippen LogP contribution in [0, 0.1) is 0 Å². The monoisotopic (exact) mass is 325 g/mol. The fourth-order valence-corrected chi connectivity index (χ4v) is 2.68. The Morgan fingerprint density at radius 1 is 1.44 bits per heavy atom. The van der Waals surface area contributed by atoms with E-state index in [1.165, 1.54) is 0 Å². The van der Waals surface area contributed by atoms with Crippen LogP contribution in [0.2, 0.25) is 0 Å². The van der Waals surface area contributed by atoms with E-state index in [9.17, 15) is 4.79 Å². The lowest BCUT2D eigenvalue weighted by molar-refractivity contribution is 0.102. The van der Waals surface area contributed by atoms with Gasteiger partial charge in [0.2, 0.25) is 0 Å². The first-order valence-electron chi connectivity index (χ1n) is 5.52. The summed E-state index contributed by atoms with van der Waals surface area (Å²) in [7, 11) is 0. The predicted octanol–water partition coefficient (Wildman–Crippen LogP) is 3.25. The molecule has 1 aromatic carbocycles. The molecule has 2 aromatic rings. The number of aryl methyl sites for hydroxylation is 1. The van der Waals surface area contributed by atoms with Crippen LogP contribution in [0.5, 0.6) is 0 Å². The van der Waals surface area contributed by atoms with Gasteiger partial charge in [-0.2, -0.15) is 0 Å². The van der Waals surface area contributed by atoms with Crippen LogP contribution in [-0.4, -0.2) is 15.5 Å². The number of para-hydroxylation sites is 1. The summed E-state index contributed by atoms with van der Waals surface area (Å²) in [6, 6.07) is 7.69. The maximum absolute atomic E-state index is 12.1. The molecule has 2 rings (SSSR count). The molecule has 0 radical (unpaired) electrons. The highest BCUT2D eigenvalue weighted by atomic mass is 79.9. The molecule has 6 heteroatoms. The van der Waals surface area contributed by atoms with Crippen molar-refractivity contribution in [3.8, 4) is 0 Å². The Morgan fingerprint density at radius 2 is 2.22 bits per heavy atom. The minimum Gasteiger partial charge on any atom is -0.321 e.